The molecule has 3 atom stereocenters. The number of methoxy groups -OCH3 is 1. The molecule has 2 amide bonds. The van der Waals surface area contributed by atoms with Crippen LogP contribution in [0.5, 0.6) is 5.75 Å². The number of esters is 1. The predicted octanol–water partition coefficient (Wildman–Crippen LogP) is 5.03. The molecule has 242 valence electrons. The number of anilines is 1. The van der Waals surface area contributed by atoms with Gasteiger partial charge in [-0.3, -0.25) is 0 Å². The van der Waals surface area contributed by atoms with E-state index in [4.69, 9.17) is 42.1 Å². The maximum atomic E-state index is 12.4. The number of benzene rings is 3. The highest BCUT2D eigenvalue weighted by atomic mass is 35.5. The van der Waals surface area contributed by atoms with E-state index in [9.17, 15) is 9.59 Å². The second-order valence-corrected chi connectivity index (χ2v) is 11.4. The molecule has 5 rings (SSSR count). The van der Waals surface area contributed by atoms with E-state index in [0.717, 1.165) is 11.3 Å². The molecule has 0 aliphatic carbocycles. The van der Waals surface area contributed by atoms with Crippen molar-refractivity contribution in [3.63, 3.8) is 0 Å². The van der Waals surface area contributed by atoms with E-state index in [0.29, 0.717) is 54.0 Å². The summed E-state index contributed by atoms with van der Waals surface area (Å²) in [5.74, 6) is -0.973. The minimum atomic E-state index is -1.13. The molecule has 1 aliphatic heterocycles. The molecule has 1 saturated heterocycles. The van der Waals surface area contributed by atoms with Crippen LogP contribution in [0.2, 0.25) is 10.0 Å². The number of halogens is 2. The van der Waals surface area contributed by atoms with Gasteiger partial charge in [-0.2, -0.15) is 0 Å². The minimum Gasteiger partial charge on any atom is -0.491 e. The molecule has 11 nitrogen and oxygen atoms in total. The summed E-state index contributed by atoms with van der Waals surface area (Å²) in [5, 5.41) is 9.66. The topological polar surface area (TPSA) is 125 Å². The Bertz CT molecular complexity index is 1580. The van der Waals surface area contributed by atoms with Gasteiger partial charge in [0.1, 0.15) is 24.5 Å². The van der Waals surface area contributed by atoms with E-state index >= 15 is 0 Å². The van der Waals surface area contributed by atoms with E-state index in [2.05, 4.69) is 20.9 Å². The second-order valence-electron chi connectivity index (χ2n) is 10.6. The number of imidazole rings is 1. The van der Waals surface area contributed by atoms with Gasteiger partial charge in [-0.15, -0.1) is 0 Å². The zero-order valence-electron chi connectivity index (χ0n) is 25.2. The summed E-state index contributed by atoms with van der Waals surface area (Å²) >= 11 is 12.7. The average Bonchev–Trinajstić information content (AvgIpc) is 3.73. The SMILES string of the molecule is COC(=O)C(Cc1ccccc1)NC(=O)NCCNc1ccc(OCC2COC(Cn3ccnc3)(c3ccc(Cl)cc3Cl)O2)cc1. The summed E-state index contributed by atoms with van der Waals surface area (Å²) in [4.78, 5) is 28.7. The van der Waals surface area contributed by atoms with Crippen LogP contribution in [0.3, 0.4) is 0 Å². The van der Waals surface area contributed by atoms with Crippen LogP contribution in [0.1, 0.15) is 11.1 Å². The van der Waals surface area contributed by atoms with Gasteiger partial charge in [-0.05, 0) is 42.0 Å². The standard InChI is InChI=1S/C33H35Cl2N5O6/c1-43-31(41)30(17-23-5-3-2-4-6-23)39-32(42)38-14-13-37-25-8-10-26(11-9-25)44-19-27-20-45-33(46-27,21-40-16-15-36-22-40)28-12-7-24(34)18-29(28)35/h2-12,15-16,18,22,27,30,37H,13-14,17,19-21H2,1H3,(H2,38,39,42). The summed E-state index contributed by atoms with van der Waals surface area (Å²) in [5.41, 5.74) is 2.44. The number of urea groups is 1. The highest BCUT2D eigenvalue weighted by Crippen LogP contribution is 2.40. The van der Waals surface area contributed by atoms with Crippen molar-refractivity contribution in [3.05, 3.63) is 113 Å². The lowest BCUT2D eigenvalue weighted by Gasteiger charge is -2.30. The first-order valence-corrected chi connectivity index (χ1v) is 15.4. The van der Waals surface area contributed by atoms with Crippen molar-refractivity contribution < 1.29 is 28.5 Å². The third kappa shape index (κ3) is 8.91. The van der Waals surface area contributed by atoms with Crippen molar-refractivity contribution >= 4 is 40.9 Å². The van der Waals surface area contributed by atoms with E-state index in [-0.39, 0.29) is 12.7 Å². The fraction of sp³-hybridized carbons (Fsp3) is 0.303. The zero-order valence-corrected chi connectivity index (χ0v) is 26.7. The van der Waals surface area contributed by atoms with Crippen LogP contribution in [-0.4, -0.2) is 67.1 Å². The molecule has 3 N–H and O–H groups in total. The summed E-state index contributed by atoms with van der Waals surface area (Å²) < 4.78 is 25.4. The highest BCUT2D eigenvalue weighted by Gasteiger charge is 2.45. The van der Waals surface area contributed by atoms with Crippen LogP contribution in [0.25, 0.3) is 0 Å². The molecule has 1 aromatic heterocycles. The first-order valence-electron chi connectivity index (χ1n) is 14.7. The largest absolute Gasteiger partial charge is 0.491 e. The van der Waals surface area contributed by atoms with Crippen LogP contribution in [0, 0.1) is 0 Å². The Hall–Kier alpha value is -4.29. The van der Waals surface area contributed by atoms with Crippen molar-refractivity contribution in [1.29, 1.82) is 0 Å². The maximum absolute atomic E-state index is 12.4. The molecule has 0 radical (unpaired) electrons. The van der Waals surface area contributed by atoms with Crippen LogP contribution in [-0.2, 0) is 37.8 Å². The second kappa shape index (κ2) is 15.8. The Balaban J connectivity index is 1.07. The van der Waals surface area contributed by atoms with Crippen LogP contribution in [0.4, 0.5) is 10.5 Å². The predicted molar refractivity (Wildman–Crippen MR) is 174 cm³/mol. The first kappa shape index (κ1) is 33.1. The minimum absolute atomic E-state index is 0.263. The molecule has 3 aromatic carbocycles. The fourth-order valence-corrected chi connectivity index (χ4v) is 5.56. The number of carbonyl (C=O) groups is 2. The van der Waals surface area contributed by atoms with E-state index < -0.39 is 23.8 Å². The molecule has 13 heteroatoms. The number of carbonyl (C=O) groups excluding carboxylic acids is 2. The number of rotatable bonds is 14. The Labute approximate surface area is 277 Å². The van der Waals surface area contributed by atoms with Crippen molar-refractivity contribution in [2.24, 2.45) is 0 Å². The van der Waals surface area contributed by atoms with Crippen molar-refractivity contribution in [2.75, 3.05) is 38.7 Å². The molecule has 46 heavy (non-hydrogen) atoms. The number of amides is 2. The third-order valence-electron chi connectivity index (χ3n) is 7.25. The molecule has 0 bridgehead atoms. The Morgan fingerprint density at radius 1 is 1.09 bits per heavy atom. The quantitative estimate of drug-likeness (QED) is 0.126. The highest BCUT2D eigenvalue weighted by molar-refractivity contribution is 6.35. The van der Waals surface area contributed by atoms with Crippen molar-refractivity contribution in [1.82, 2.24) is 20.2 Å². The van der Waals surface area contributed by atoms with E-state index in [1.165, 1.54) is 7.11 Å². The van der Waals surface area contributed by atoms with Gasteiger partial charge in [0.05, 0.1) is 31.6 Å². The first-order chi connectivity index (χ1) is 22.3. The van der Waals surface area contributed by atoms with Gasteiger partial charge in [0.25, 0.3) is 0 Å². The average molecular weight is 669 g/mol. The van der Waals surface area contributed by atoms with Gasteiger partial charge in [-0.25, -0.2) is 14.6 Å². The van der Waals surface area contributed by atoms with Gasteiger partial charge >= 0.3 is 12.0 Å². The van der Waals surface area contributed by atoms with Crippen molar-refractivity contribution in [2.45, 2.75) is 30.9 Å². The molecular weight excluding hydrogens is 633 g/mol. The van der Waals surface area contributed by atoms with Gasteiger partial charge < -0.3 is 39.5 Å². The normalized spacial score (nSPS) is 18.0. The van der Waals surface area contributed by atoms with E-state index in [1.54, 1.807) is 24.7 Å². The van der Waals surface area contributed by atoms with Crippen LogP contribution < -0.4 is 20.7 Å². The van der Waals surface area contributed by atoms with Gasteiger partial charge in [0.2, 0.25) is 5.79 Å². The third-order valence-corrected chi connectivity index (χ3v) is 7.80. The Morgan fingerprint density at radius 3 is 2.61 bits per heavy atom. The Morgan fingerprint density at radius 2 is 1.89 bits per heavy atom. The summed E-state index contributed by atoms with van der Waals surface area (Å²) in [6.07, 6.45) is 5.19. The lowest BCUT2D eigenvalue weighted by molar-refractivity contribution is -0.189. The number of hydrogen-bond acceptors (Lipinski definition) is 8. The van der Waals surface area contributed by atoms with Crippen molar-refractivity contribution in [3.8, 4) is 5.75 Å². The lowest BCUT2D eigenvalue weighted by atomic mass is 10.1. The smallest absolute Gasteiger partial charge is 0.328 e. The maximum Gasteiger partial charge on any atom is 0.328 e. The summed E-state index contributed by atoms with van der Waals surface area (Å²) in [6.45, 7) is 1.72. The number of nitrogens with one attached hydrogen (secondary N) is 3. The zero-order chi connectivity index (χ0) is 32.4. The molecule has 0 saturated carbocycles. The molecule has 2 heterocycles. The molecule has 3 unspecified atom stereocenters. The van der Waals surface area contributed by atoms with Crippen LogP contribution in [0.15, 0.2) is 91.5 Å². The van der Waals surface area contributed by atoms with E-state index in [1.807, 2.05) is 71.4 Å². The van der Waals surface area contributed by atoms with Gasteiger partial charge in [-0.1, -0.05) is 59.6 Å². The number of hydrogen-bond donors (Lipinski definition) is 3. The van der Waals surface area contributed by atoms with Gasteiger partial charge in [0.15, 0.2) is 0 Å². The number of ether oxygens (including phenoxy) is 4. The van der Waals surface area contributed by atoms with Gasteiger partial charge in [0, 0.05) is 48.2 Å². The lowest BCUT2D eigenvalue weighted by Crippen LogP contribution is -2.48. The number of nitrogens with zero attached hydrogens (tertiary/aromatic N) is 2. The Kier molecular flexibility index (Phi) is 11.4. The summed E-state index contributed by atoms with van der Waals surface area (Å²) in [7, 11) is 1.30. The molecule has 4 aromatic rings. The monoisotopic (exact) mass is 667 g/mol. The fourth-order valence-electron chi connectivity index (χ4n) is 5.01. The number of aromatic nitrogens is 2. The molecule has 1 aliphatic rings. The van der Waals surface area contributed by atoms with Crippen LogP contribution >= 0.6 is 23.2 Å². The summed E-state index contributed by atoms with van der Waals surface area (Å²) in [6, 6.07) is 20.8. The molecule has 1 fully saturated rings. The molecular formula is C33H35Cl2N5O6. The molecule has 0 spiro atoms.